The molecule has 0 atom stereocenters. The number of amides is 1. The van der Waals surface area contributed by atoms with Crippen LogP contribution in [0.15, 0.2) is 42.5 Å². The SMILES string of the molecule is CCS(=O)(=O)Nc1cccc(C(=O)N2CC=C(c3c(OC)cc(OC)cc3OC)CC2)c1. The fourth-order valence-electron chi connectivity index (χ4n) is 3.55. The van der Waals surface area contributed by atoms with Crippen molar-refractivity contribution in [3.8, 4) is 17.2 Å². The summed E-state index contributed by atoms with van der Waals surface area (Å²) in [7, 11) is 1.36. The molecule has 0 saturated heterocycles. The molecule has 0 aliphatic carbocycles. The van der Waals surface area contributed by atoms with Crippen molar-refractivity contribution in [1.82, 2.24) is 4.90 Å². The molecule has 1 heterocycles. The number of sulfonamides is 1. The first-order valence-electron chi connectivity index (χ1n) is 10.2. The van der Waals surface area contributed by atoms with E-state index in [0.717, 1.165) is 11.1 Å². The second-order valence-electron chi connectivity index (χ2n) is 7.22. The Morgan fingerprint density at radius 3 is 2.28 bits per heavy atom. The summed E-state index contributed by atoms with van der Waals surface area (Å²) >= 11 is 0. The maximum atomic E-state index is 13.0. The number of hydrogen-bond acceptors (Lipinski definition) is 6. The number of anilines is 1. The molecule has 0 bridgehead atoms. The Hall–Kier alpha value is -3.20. The van der Waals surface area contributed by atoms with Crippen LogP contribution in [0.2, 0.25) is 0 Å². The summed E-state index contributed by atoms with van der Waals surface area (Å²) in [5.41, 5.74) is 2.67. The van der Waals surface area contributed by atoms with Gasteiger partial charge in [0.1, 0.15) is 17.2 Å². The van der Waals surface area contributed by atoms with Gasteiger partial charge in [-0.15, -0.1) is 0 Å². The van der Waals surface area contributed by atoms with E-state index in [1.165, 1.54) is 0 Å². The van der Waals surface area contributed by atoms with E-state index < -0.39 is 10.0 Å². The first-order chi connectivity index (χ1) is 15.3. The van der Waals surface area contributed by atoms with Crippen molar-refractivity contribution in [3.63, 3.8) is 0 Å². The molecule has 1 amide bonds. The zero-order chi connectivity index (χ0) is 23.3. The lowest BCUT2D eigenvalue weighted by atomic mass is 9.96. The van der Waals surface area contributed by atoms with Crippen LogP contribution in [0.3, 0.4) is 0 Å². The van der Waals surface area contributed by atoms with Crippen molar-refractivity contribution >= 4 is 27.2 Å². The first kappa shape index (κ1) is 23.5. The van der Waals surface area contributed by atoms with E-state index in [9.17, 15) is 13.2 Å². The molecule has 2 aromatic carbocycles. The van der Waals surface area contributed by atoms with Crippen molar-refractivity contribution in [2.45, 2.75) is 13.3 Å². The van der Waals surface area contributed by atoms with Gasteiger partial charge >= 0.3 is 0 Å². The quantitative estimate of drug-likeness (QED) is 0.649. The van der Waals surface area contributed by atoms with Crippen LogP contribution in [0.1, 0.15) is 29.3 Å². The van der Waals surface area contributed by atoms with E-state index in [4.69, 9.17) is 14.2 Å². The molecule has 0 radical (unpaired) electrons. The van der Waals surface area contributed by atoms with E-state index in [-0.39, 0.29) is 11.7 Å². The van der Waals surface area contributed by atoms with Crippen molar-refractivity contribution < 1.29 is 27.4 Å². The number of benzene rings is 2. The van der Waals surface area contributed by atoms with Gasteiger partial charge in [-0.25, -0.2) is 8.42 Å². The Kier molecular flexibility index (Phi) is 7.29. The molecule has 0 fully saturated rings. The molecular weight excluding hydrogens is 432 g/mol. The Morgan fingerprint density at radius 1 is 1.06 bits per heavy atom. The zero-order valence-corrected chi connectivity index (χ0v) is 19.5. The standard InChI is InChI=1S/C23H28N2O6S/c1-5-32(27,28)24-18-8-6-7-17(13-18)23(26)25-11-9-16(10-12-25)22-20(30-3)14-19(29-2)15-21(22)31-4/h6-9,13-15,24H,5,10-12H2,1-4H3. The van der Waals surface area contributed by atoms with E-state index in [2.05, 4.69) is 4.72 Å². The Bertz CT molecular complexity index is 1100. The average molecular weight is 461 g/mol. The number of rotatable bonds is 8. The molecule has 1 aliphatic rings. The van der Waals surface area contributed by atoms with Crippen LogP contribution in [0.5, 0.6) is 17.2 Å². The van der Waals surface area contributed by atoms with Crippen LogP contribution in [0, 0.1) is 0 Å². The molecule has 2 aromatic rings. The third-order valence-corrected chi connectivity index (χ3v) is 6.60. The van der Waals surface area contributed by atoms with Crippen LogP contribution < -0.4 is 18.9 Å². The monoisotopic (exact) mass is 460 g/mol. The maximum absolute atomic E-state index is 13.0. The predicted molar refractivity (Wildman–Crippen MR) is 124 cm³/mol. The summed E-state index contributed by atoms with van der Waals surface area (Å²) in [4.78, 5) is 14.7. The number of carbonyl (C=O) groups excluding carboxylic acids is 1. The summed E-state index contributed by atoms with van der Waals surface area (Å²) in [5, 5.41) is 0. The number of nitrogens with zero attached hydrogens (tertiary/aromatic N) is 1. The molecule has 0 unspecified atom stereocenters. The third kappa shape index (κ3) is 5.16. The van der Waals surface area contributed by atoms with Gasteiger partial charge < -0.3 is 19.1 Å². The topological polar surface area (TPSA) is 94.2 Å². The Labute approximate surface area is 188 Å². The second-order valence-corrected chi connectivity index (χ2v) is 9.23. The summed E-state index contributed by atoms with van der Waals surface area (Å²) in [6, 6.07) is 10.1. The van der Waals surface area contributed by atoms with Gasteiger partial charge in [0.25, 0.3) is 5.91 Å². The largest absolute Gasteiger partial charge is 0.496 e. The van der Waals surface area contributed by atoms with Crippen LogP contribution in [0.25, 0.3) is 5.57 Å². The lowest BCUT2D eigenvalue weighted by Gasteiger charge is -2.28. The average Bonchev–Trinajstić information content (AvgIpc) is 2.82. The van der Waals surface area contributed by atoms with Gasteiger partial charge in [-0.05, 0) is 37.1 Å². The highest BCUT2D eigenvalue weighted by atomic mass is 32.2. The minimum atomic E-state index is -3.41. The zero-order valence-electron chi connectivity index (χ0n) is 18.7. The van der Waals surface area contributed by atoms with Crippen molar-refractivity contribution in [2.75, 3.05) is 44.9 Å². The molecule has 172 valence electrons. The highest BCUT2D eigenvalue weighted by Gasteiger charge is 2.24. The summed E-state index contributed by atoms with van der Waals surface area (Å²) < 4.78 is 42.5. The van der Waals surface area contributed by atoms with E-state index in [0.29, 0.717) is 48.0 Å². The predicted octanol–water partition coefficient (Wildman–Crippen LogP) is 3.40. The minimum absolute atomic E-state index is 0.0385. The number of carbonyl (C=O) groups is 1. The lowest BCUT2D eigenvalue weighted by Crippen LogP contribution is -2.34. The number of ether oxygens (including phenoxy) is 3. The van der Waals surface area contributed by atoms with Gasteiger partial charge in [-0.2, -0.15) is 0 Å². The van der Waals surface area contributed by atoms with Gasteiger partial charge in [-0.3, -0.25) is 9.52 Å². The van der Waals surface area contributed by atoms with Crippen LogP contribution >= 0.6 is 0 Å². The molecule has 0 aromatic heterocycles. The maximum Gasteiger partial charge on any atom is 0.254 e. The normalized spacial score (nSPS) is 13.9. The molecule has 1 N–H and O–H groups in total. The van der Waals surface area contributed by atoms with Crippen molar-refractivity contribution in [1.29, 1.82) is 0 Å². The molecule has 9 heteroatoms. The van der Waals surface area contributed by atoms with E-state index in [1.807, 2.05) is 6.08 Å². The van der Waals surface area contributed by atoms with Crippen LogP contribution in [0.4, 0.5) is 5.69 Å². The van der Waals surface area contributed by atoms with Crippen LogP contribution in [-0.2, 0) is 10.0 Å². The second kappa shape index (κ2) is 9.95. The van der Waals surface area contributed by atoms with Gasteiger partial charge in [0.05, 0.1) is 32.6 Å². The Morgan fingerprint density at radius 2 is 1.75 bits per heavy atom. The third-order valence-electron chi connectivity index (χ3n) is 5.30. The molecule has 32 heavy (non-hydrogen) atoms. The molecular formula is C23H28N2O6S. The first-order valence-corrected chi connectivity index (χ1v) is 11.9. The molecule has 0 saturated carbocycles. The van der Waals surface area contributed by atoms with Gasteiger partial charge in [-0.1, -0.05) is 12.1 Å². The highest BCUT2D eigenvalue weighted by molar-refractivity contribution is 7.92. The summed E-state index contributed by atoms with van der Waals surface area (Å²) in [6.45, 7) is 2.48. The summed E-state index contributed by atoms with van der Waals surface area (Å²) in [5.74, 6) is 1.72. The molecule has 3 rings (SSSR count). The molecule has 1 aliphatic heterocycles. The smallest absolute Gasteiger partial charge is 0.254 e. The molecule has 0 spiro atoms. The number of hydrogen-bond donors (Lipinski definition) is 1. The Balaban J connectivity index is 1.81. The minimum Gasteiger partial charge on any atom is -0.496 e. The highest BCUT2D eigenvalue weighted by Crippen LogP contribution is 2.41. The van der Waals surface area contributed by atoms with Crippen molar-refractivity contribution in [3.05, 3.63) is 53.6 Å². The van der Waals surface area contributed by atoms with E-state index >= 15 is 0 Å². The van der Waals surface area contributed by atoms with Gasteiger partial charge in [0, 0.05) is 36.5 Å². The molecule has 8 nitrogen and oxygen atoms in total. The fourth-order valence-corrected chi connectivity index (χ4v) is 4.18. The van der Waals surface area contributed by atoms with Gasteiger partial charge in [0.2, 0.25) is 10.0 Å². The fraction of sp³-hybridized carbons (Fsp3) is 0.348. The lowest BCUT2D eigenvalue weighted by molar-refractivity contribution is 0.0773. The number of methoxy groups -OCH3 is 3. The number of nitrogens with one attached hydrogen (secondary N) is 1. The van der Waals surface area contributed by atoms with Gasteiger partial charge in [0.15, 0.2) is 0 Å². The van der Waals surface area contributed by atoms with Crippen molar-refractivity contribution in [2.24, 2.45) is 0 Å². The van der Waals surface area contributed by atoms with E-state index in [1.54, 1.807) is 69.6 Å². The van der Waals surface area contributed by atoms with Crippen LogP contribution in [-0.4, -0.2) is 59.4 Å². The summed E-state index contributed by atoms with van der Waals surface area (Å²) in [6.07, 6.45) is 2.60.